The zero-order valence-corrected chi connectivity index (χ0v) is 16.4. The van der Waals surface area contributed by atoms with E-state index in [9.17, 15) is 14.9 Å². The first-order valence-electron chi connectivity index (χ1n) is 7.71. The van der Waals surface area contributed by atoms with Gasteiger partial charge < -0.3 is 9.47 Å². The van der Waals surface area contributed by atoms with Crippen molar-refractivity contribution < 1.29 is 19.2 Å². The molecule has 0 unspecified atom stereocenters. The summed E-state index contributed by atoms with van der Waals surface area (Å²) in [7, 11) is 0. The topological polar surface area (TPSA) is 78.7 Å². The molecule has 0 atom stereocenters. The van der Waals surface area contributed by atoms with Crippen LogP contribution in [0.25, 0.3) is 6.08 Å². The number of nitrogens with zero attached hydrogens (tertiary/aromatic N) is 1. The smallest absolute Gasteiger partial charge is 0.331 e. The molecule has 2 aromatic rings. The van der Waals surface area contributed by atoms with Gasteiger partial charge in [-0.25, -0.2) is 4.79 Å². The fourth-order valence-electron chi connectivity index (χ4n) is 2.04. The maximum atomic E-state index is 11.5. The van der Waals surface area contributed by atoms with E-state index < -0.39 is 10.9 Å². The van der Waals surface area contributed by atoms with Crippen molar-refractivity contribution in [1.29, 1.82) is 0 Å². The number of nitro benzene ring substituents is 1. The van der Waals surface area contributed by atoms with Crippen molar-refractivity contribution >= 4 is 45.3 Å². The zero-order valence-electron chi connectivity index (χ0n) is 14.1. The van der Waals surface area contributed by atoms with Crippen LogP contribution in [0, 0.1) is 10.1 Å². The lowest BCUT2D eigenvalue weighted by Crippen LogP contribution is -1.99. The van der Waals surface area contributed by atoms with E-state index >= 15 is 0 Å². The van der Waals surface area contributed by atoms with Gasteiger partial charge >= 0.3 is 5.97 Å². The lowest BCUT2D eigenvalue weighted by molar-refractivity contribution is -0.384. The highest BCUT2D eigenvalue weighted by Crippen LogP contribution is 2.35. The number of hydrogen-bond donors (Lipinski definition) is 0. The van der Waals surface area contributed by atoms with Gasteiger partial charge in [-0.15, -0.1) is 0 Å². The van der Waals surface area contributed by atoms with Crippen LogP contribution < -0.4 is 4.74 Å². The van der Waals surface area contributed by atoms with Crippen LogP contribution in [0.2, 0.25) is 5.02 Å². The first-order valence-corrected chi connectivity index (χ1v) is 8.88. The summed E-state index contributed by atoms with van der Waals surface area (Å²) in [6.07, 6.45) is 4.34. The first-order chi connectivity index (χ1) is 12.9. The average Bonchev–Trinajstić information content (AvgIpc) is 2.64. The molecule has 6 nitrogen and oxygen atoms in total. The lowest BCUT2D eigenvalue weighted by atomic mass is 10.2. The molecule has 0 amide bonds. The Morgan fingerprint density at radius 3 is 2.59 bits per heavy atom. The van der Waals surface area contributed by atoms with Crippen molar-refractivity contribution in [3.63, 3.8) is 0 Å². The second kappa shape index (κ2) is 9.89. The Kier molecular flexibility index (Phi) is 7.57. The van der Waals surface area contributed by atoms with Crippen molar-refractivity contribution in [3.8, 4) is 5.75 Å². The third kappa shape index (κ3) is 6.23. The second-order valence-electron chi connectivity index (χ2n) is 5.28. The Bertz CT molecular complexity index is 857. The summed E-state index contributed by atoms with van der Waals surface area (Å²) in [5, 5.41) is 11.0. The standard InChI is InChI=1S/C19H15BrClNO5/c1-2-9-26-18(23)8-5-14-10-16(20)19(17(21)11-14)27-12-13-3-6-15(7-4-13)22(24)25/h2-8,10-11H,1,9,12H2/b8-5+. The number of benzene rings is 2. The zero-order chi connectivity index (χ0) is 19.8. The van der Waals surface area contributed by atoms with Gasteiger partial charge in [0.25, 0.3) is 5.69 Å². The number of carbonyl (C=O) groups excluding carboxylic acids is 1. The van der Waals surface area contributed by atoms with Crippen LogP contribution in [0.3, 0.4) is 0 Å². The van der Waals surface area contributed by atoms with Crippen LogP contribution in [0.15, 0.2) is 59.6 Å². The van der Waals surface area contributed by atoms with Gasteiger partial charge in [-0.2, -0.15) is 0 Å². The van der Waals surface area contributed by atoms with Gasteiger partial charge in [0.15, 0.2) is 5.75 Å². The maximum Gasteiger partial charge on any atom is 0.331 e. The molecule has 0 aromatic heterocycles. The molecular weight excluding hydrogens is 438 g/mol. The second-order valence-corrected chi connectivity index (χ2v) is 6.54. The molecule has 2 aromatic carbocycles. The highest BCUT2D eigenvalue weighted by atomic mass is 79.9. The third-order valence-electron chi connectivity index (χ3n) is 3.31. The fourth-order valence-corrected chi connectivity index (χ4v) is 3.03. The summed E-state index contributed by atoms with van der Waals surface area (Å²) < 4.78 is 11.2. The number of ether oxygens (including phenoxy) is 2. The van der Waals surface area contributed by atoms with Gasteiger partial charge in [0.1, 0.15) is 13.2 Å². The minimum atomic E-state index is -0.486. The highest BCUT2D eigenvalue weighted by Gasteiger charge is 2.10. The van der Waals surface area contributed by atoms with Gasteiger partial charge in [-0.1, -0.05) is 24.3 Å². The summed E-state index contributed by atoms with van der Waals surface area (Å²) in [6, 6.07) is 9.45. The summed E-state index contributed by atoms with van der Waals surface area (Å²) in [5.74, 6) is -0.0537. The van der Waals surface area contributed by atoms with Gasteiger partial charge in [0.05, 0.1) is 14.4 Å². The van der Waals surface area contributed by atoms with Gasteiger partial charge in [-0.3, -0.25) is 10.1 Å². The molecule has 2 rings (SSSR count). The third-order valence-corrected chi connectivity index (χ3v) is 4.18. The fraction of sp³-hybridized carbons (Fsp3) is 0.105. The predicted molar refractivity (Wildman–Crippen MR) is 107 cm³/mol. The van der Waals surface area contributed by atoms with Crippen LogP contribution in [-0.2, 0) is 16.1 Å². The maximum absolute atomic E-state index is 11.5. The lowest BCUT2D eigenvalue weighted by Gasteiger charge is -2.11. The van der Waals surface area contributed by atoms with Crippen LogP contribution in [0.5, 0.6) is 5.75 Å². The van der Waals surface area contributed by atoms with Crippen molar-refractivity contribution in [3.05, 3.63) is 85.9 Å². The minimum Gasteiger partial charge on any atom is -0.486 e. The number of halogens is 2. The molecule has 0 bridgehead atoms. The van der Waals surface area contributed by atoms with Crippen molar-refractivity contribution in [2.75, 3.05) is 6.61 Å². The first kappa shape index (κ1) is 20.7. The summed E-state index contributed by atoms with van der Waals surface area (Å²) >= 11 is 9.65. The molecule has 0 fully saturated rings. The predicted octanol–water partition coefficient (Wildman–Crippen LogP) is 5.33. The Balaban J connectivity index is 2.05. The van der Waals surface area contributed by atoms with Gasteiger partial charge in [0.2, 0.25) is 0 Å². The number of carbonyl (C=O) groups is 1. The Hall–Kier alpha value is -2.64. The van der Waals surface area contributed by atoms with Crippen LogP contribution >= 0.6 is 27.5 Å². The van der Waals surface area contributed by atoms with E-state index in [0.29, 0.717) is 20.8 Å². The molecule has 0 radical (unpaired) electrons. The molecule has 0 aliphatic rings. The average molecular weight is 453 g/mol. The molecule has 0 heterocycles. The molecule has 0 aliphatic heterocycles. The van der Waals surface area contributed by atoms with Crippen molar-refractivity contribution in [2.45, 2.75) is 6.61 Å². The number of esters is 1. The number of rotatable bonds is 8. The van der Waals surface area contributed by atoms with E-state index in [1.807, 2.05) is 0 Å². The van der Waals surface area contributed by atoms with E-state index in [1.165, 1.54) is 24.3 Å². The number of hydrogen-bond acceptors (Lipinski definition) is 5. The Labute approximate surface area is 169 Å². The largest absolute Gasteiger partial charge is 0.486 e. The Morgan fingerprint density at radius 1 is 1.30 bits per heavy atom. The van der Waals surface area contributed by atoms with E-state index in [2.05, 4.69) is 22.5 Å². The van der Waals surface area contributed by atoms with Crippen molar-refractivity contribution in [2.24, 2.45) is 0 Å². The molecular formula is C19H15BrClNO5. The summed E-state index contributed by atoms with van der Waals surface area (Å²) in [6.45, 7) is 3.80. The summed E-state index contributed by atoms with van der Waals surface area (Å²) in [5.41, 5.74) is 1.46. The van der Waals surface area contributed by atoms with Crippen molar-refractivity contribution in [1.82, 2.24) is 0 Å². The van der Waals surface area contributed by atoms with E-state index in [4.69, 9.17) is 21.1 Å². The molecule has 140 valence electrons. The highest BCUT2D eigenvalue weighted by molar-refractivity contribution is 9.10. The van der Waals surface area contributed by atoms with Crippen LogP contribution in [0.4, 0.5) is 5.69 Å². The van der Waals surface area contributed by atoms with Crippen LogP contribution in [0.1, 0.15) is 11.1 Å². The molecule has 0 saturated carbocycles. The minimum absolute atomic E-state index is 0.0146. The monoisotopic (exact) mass is 451 g/mol. The van der Waals surface area contributed by atoms with Crippen LogP contribution in [-0.4, -0.2) is 17.5 Å². The van der Waals surface area contributed by atoms with E-state index in [0.717, 1.165) is 5.56 Å². The molecule has 8 heteroatoms. The molecule has 27 heavy (non-hydrogen) atoms. The molecule has 0 spiro atoms. The quantitative estimate of drug-likeness (QED) is 0.178. The van der Waals surface area contributed by atoms with E-state index in [1.54, 1.807) is 30.3 Å². The van der Waals surface area contributed by atoms with Gasteiger partial charge in [0, 0.05) is 18.2 Å². The number of nitro groups is 1. The molecule has 0 aliphatic carbocycles. The SMILES string of the molecule is C=CCOC(=O)/C=C/c1cc(Cl)c(OCc2ccc([N+](=O)[O-])cc2)c(Br)c1. The number of non-ortho nitro benzene ring substituents is 1. The van der Waals surface area contributed by atoms with E-state index in [-0.39, 0.29) is 18.9 Å². The van der Waals surface area contributed by atoms with Gasteiger partial charge in [-0.05, 0) is 57.4 Å². The summed E-state index contributed by atoms with van der Waals surface area (Å²) in [4.78, 5) is 21.7. The normalized spacial score (nSPS) is 10.6. The molecule has 0 N–H and O–H groups in total. The molecule has 0 saturated heterocycles. The Morgan fingerprint density at radius 2 is 2.00 bits per heavy atom.